The summed E-state index contributed by atoms with van der Waals surface area (Å²) < 4.78 is 1.74. The molecule has 4 rings (SSSR count). The standard InChI is InChI=1S/C20H15N3OS/c24-20(21-16-11-12-25-14-16)18-13-23(17-9-5-2-6-10-17)22-19(18)15-7-3-1-4-8-15/h1-14H,(H,21,24). The van der Waals surface area contributed by atoms with E-state index in [1.807, 2.05) is 77.5 Å². The number of carbonyl (C=O) groups excluding carboxylic acids is 1. The maximum absolute atomic E-state index is 12.8. The third-order valence-electron chi connectivity index (χ3n) is 3.81. The van der Waals surface area contributed by atoms with Crippen LogP contribution in [0.3, 0.4) is 0 Å². The van der Waals surface area contributed by atoms with Gasteiger partial charge in [0.2, 0.25) is 0 Å². The van der Waals surface area contributed by atoms with Crippen molar-refractivity contribution in [2.24, 2.45) is 0 Å². The molecule has 0 aliphatic heterocycles. The summed E-state index contributed by atoms with van der Waals surface area (Å²) in [6, 6.07) is 21.4. The smallest absolute Gasteiger partial charge is 0.259 e. The minimum atomic E-state index is -0.167. The quantitative estimate of drug-likeness (QED) is 0.574. The van der Waals surface area contributed by atoms with Crippen molar-refractivity contribution in [1.82, 2.24) is 9.78 Å². The zero-order valence-corrected chi connectivity index (χ0v) is 14.1. The van der Waals surface area contributed by atoms with Crippen molar-refractivity contribution in [3.05, 3.63) is 89.3 Å². The van der Waals surface area contributed by atoms with Crippen LogP contribution < -0.4 is 5.32 Å². The number of para-hydroxylation sites is 1. The van der Waals surface area contributed by atoms with Crippen LogP contribution in [0, 0.1) is 0 Å². The number of thiophene rings is 1. The summed E-state index contributed by atoms with van der Waals surface area (Å²) in [5, 5.41) is 11.4. The summed E-state index contributed by atoms with van der Waals surface area (Å²) in [7, 11) is 0. The van der Waals surface area contributed by atoms with Crippen molar-refractivity contribution in [3.63, 3.8) is 0 Å². The molecule has 5 heteroatoms. The largest absolute Gasteiger partial charge is 0.321 e. The molecule has 4 nitrogen and oxygen atoms in total. The lowest BCUT2D eigenvalue weighted by Crippen LogP contribution is -2.11. The van der Waals surface area contributed by atoms with Gasteiger partial charge < -0.3 is 5.32 Å². The van der Waals surface area contributed by atoms with E-state index in [9.17, 15) is 4.79 Å². The van der Waals surface area contributed by atoms with Gasteiger partial charge in [0.05, 0.1) is 16.9 Å². The van der Waals surface area contributed by atoms with Gasteiger partial charge in [0.1, 0.15) is 5.69 Å². The molecule has 1 N–H and O–H groups in total. The summed E-state index contributed by atoms with van der Waals surface area (Å²) >= 11 is 1.54. The van der Waals surface area contributed by atoms with Gasteiger partial charge in [0, 0.05) is 17.1 Å². The first-order valence-electron chi connectivity index (χ1n) is 7.85. The Balaban J connectivity index is 1.78. The summed E-state index contributed by atoms with van der Waals surface area (Å²) in [5.74, 6) is -0.167. The normalized spacial score (nSPS) is 10.6. The Morgan fingerprint density at radius 1 is 0.960 bits per heavy atom. The highest BCUT2D eigenvalue weighted by Crippen LogP contribution is 2.25. The Bertz CT molecular complexity index is 976. The van der Waals surface area contributed by atoms with Gasteiger partial charge in [-0.15, -0.1) is 0 Å². The monoisotopic (exact) mass is 345 g/mol. The summed E-state index contributed by atoms with van der Waals surface area (Å²) in [4.78, 5) is 12.8. The minimum Gasteiger partial charge on any atom is -0.321 e. The van der Waals surface area contributed by atoms with Crippen molar-refractivity contribution in [3.8, 4) is 16.9 Å². The van der Waals surface area contributed by atoms with Crippen LogP contribution in [0.25, 0.3) is 16.9 Å². The van der Waals surface area contributed by atoms with Crippen molar-refractivity contribution < 1.29 is 4.79 Å². The molecule has 0 atom stereocenters. The van der Waals surface area contributed by atoms with Crippen LogP contribution in [0.15, 0.2) is 83.7 Å². The fourth-order valence-corrected chi connectivity index (χ4v) is 3.18. The SMILES string of the molecule is O=C(Nc1ccsc1)c1cn(-c2ccccc2)nc1-c1ccccc1. The van der Waals surface area contributed by atoms with Gasteiger partial charge in [-0.2, -0.15) is 16.4 Å². The van der Waals surface area contributed by atoms with Crippen LogP contribution in [-0.2, 0) is 0 Å². The van der Waals surface area contributed by atoms with Crippen molar-refractivity contribution in [2.45, 2.75) is 0 Å². The van der Waals surface area contributed by atoms with E-state index in [2.05, 4.69) is 10.4 Å². The zero-order valence-electron chi connectivity index (χ0n) is 13.3. The van der Waals surface area contributed by atoms with E-state index in [1.165, 1.54) is 0 Å². The predicted molar refractivity (Wildman–Crippen MR) is 101 cm³/mol. The molecule has 2 heterocycles. The molecule has 25 heavy (non-hydrogen) atoms. The average molecular weight is 345 g/mol. The molecule has 0 saturated carbocycles. The second-order valence-corrected chi connectivity index (χ2v) is 6.28. The maximum Gasteiger partial charge on any atom is 0.259 e. The molecule has 0 aliphatic carbocycles. The number of aromatic nitrogens is 2. The summed E-state index contributed by atoms with van der Waals surface area (Å²) in [6.07, 6.45) is 1.78. The van der Waals surface area contributed by atoms with E-state index in [0.29, 0.717) is 11.3 Å². The second-order valence-electron chi connectivity index (χ2n) is 5.50. The van der Waals surface area contributed by atoms with Crippen LogP contribution in [0.4, 0.5) is 5.69 Å². The number of anilines is 1. The molecule has 2 aromatic heterocycles. The lowest BCUT2D eigenvalue weighted by molar-refractivity contribution is 0.102. The number of amides is 1. The highest BCUT2D eigenvalue weighted by atomic mass is 32.1. The maximum atomic E-state index is 12.8. The highest BCUT2D eigenvalue weighted by Gasteiger charge is 2.18. The van der Waals surface area contributed by atoms with Gasteiger partial charge >= 0.3 is 0 Å². The fraction of sp³-hybridized carbons (Fsp3) is 0. The summed E-state index contributed by atoms with van der Waals surface area (Å²) in [5.41, 5.74) is 3.82. The van der Waals surface area contributed by atoms with E-state index in [0.717, 1.165) is 16.9 Å². The molecule has 0 fully saturated rings. The number of carbonyl (C=O) groups is 1. The van der Waals surface area contributed by atoms with Crippen LogP contribution in [0.2, 0.25) is 0 Å². The first-order valence-corrected chi connectivity index (χ1v) is 8.79. The van der Waals surface area contributed by atoms with Crippen LogP contribution in [0.5, 0.6) is 0 Å². The van der Waals surface area contributed by atoms with Gasteiger partial charge in [-0.1, -0.05) is 48.5 Å². The van der Waals surface area contributed by atoms with Gasteiger partial charge in [-0.05, 0) is 23.6 Å². The van der Waals surface area contributed by atoms with Gasteiger partial charge in [-0.25, -0.2) is 4.68 Å². The first-order chi connectivity index (χ1) is 12.3. The zero-order chi connectivity index (χ0) is 17.1. The highest BCUT2D eigenvalue weighted by molar-refractivity contribution is 7.08. The second kappa shape index (κ2) is 6.75. The van der Waals surface area contributed by atoms with Crippen LogP contribution >= 0.6 is 11.3 Å². The molecule has 122 valence electrons. The van der Waals surface area contributed by atoms with Gasteiger partial charge in [0.15, 0.2) is 0 Å². The van der Waals surface area contributed by atoms with Crippen LogP contribution in [0.1, 0.15) is 10.4 Å². The molecule has 2 aromatic carbocycles. The molecular formula is C20H15N3OS. The average Bonchev–Trinajstić information content (AvgIpc) is 3.33. The molecule has 0 unspecified atom stereocenters. The molecule has 0 saturated heterocycles. The van der Waals surface area contributed by atoms with Crippen molar-refractivity contribution >= 4 is 22.9 Å². The molecule has 4 aromatic rings. The Hall–Kier alpha value is -3.18. The third-order valence-corrected chi connectivity index (χ3v) is 4.49. The Kier molecular flexibility index (Phi) is 4.14. The number of nitrogens with zero attached hydrogens (tertiary/aromatic N) is 2. The Labute approximate surface area is 149 Å². The molecule has 0 bridgehead atoms. The number of rotatable bonds is 4. The van der Waals surface area contributed by atoms with E-state index in [4.69, 9.17) is 0 Å². The lowest BCUT2D eigenvalue weighted by atomic mass is 10.1. The first kappa shape index (κ1) is 15.4. The van der Waals surface area contributed by atoms with Gasteiger partial charge in [-0.3, -0.25) is 4.79 Å². The number of hydrogen-bond acceptors (Lipinski definition) is 3. The number of benzene rings is 2. The van der Waals surface area contributed by atoms with E-state index >= 15 is 0 Å². The molecular weight excluding hydrogens is 330 g/mol. The van der Waals surface area contributed by atoms with E-state index in [1.54, 1.807) is 22.2 Å². The predicted octanol–water partition coefficient (Wildman–Crippen LogP) is 4.85. The molecule has 0 aliphatic rings. The van der Waals surface area contributed by atoms with Crippen molar-refractivity contribution in [1.29, 1.82) is 0 Å². The van der Waals surface area contributed by atoms with Crippen LogP contribution in [-0.4, -0.2) is 15.7 Å². The fourth-order valence-electron chi connectivity index (χ4n) is 2.60. The Morgan fingerprint density at radius 2 is 1.68 bits per heavy atom. The van der Waals surface area contributed by atoms with Gasteiger partial charge in [0.25, 0.3) is 5.91 Å². The van der Waals surface area contributed by atoms with E-state index < -0.39 is 0 Å². The molecule has 1 amide bonds. The molecule has 0 spiro atoms. The topological polar surface area (TPSA) is 46.9 Å². The lowest BCUT2D eigenvalue weighted by Gasteiger charge is -2.03. The number of nitrogens with one attached hydrogen (secondary N) is 1. The third kappa shape index (κ3) is 3.22. The van der Waals surface area contributed by atoms with E-state index in [-0.39, 0.29) is 5.91 Å². The van der Waals surface area contributed by atoms with Crippen molar-refractivity contribution in [2.75, 3.05) is 5.32 Å². The molecule has 0 radical (unpaired) electrons. The number of hydrogen-bond donors (Lipinski definition) is 1. The summed E-state index contributed by atoms with van der Waals surface area (Å²) in [6.45, 7) is 0. The Morgan fingerprint density at radius 3 is 2.36 bits per heavy atom. The minimum absolute atomic E-state index is 0.167.